The van der Waals surface area contributed by atoms with Crippen LogP contribution in [0.2, 0.25) is 0 Å². The highest BCUT2D eigenvalue weighted by Crippen LogP contribution is 2.14. The fraction of sp³-hybridized carbons (Fsp3) is 0.562. The van der Waals surface area contributed by atoms with Crippen molar-refractivity contribution in [1.82, 2.24) is 0 Å². The lowest BCUT2D eigenvalue weighted by atomic mass is 10.2. The van der Waals surface area contributed by atoms with Crippen LogP contribution in [0.5, 0.6) is 0 Å². The zero-order valence-corrected chi connectivity index (χ0v) is 12.3. The predicted molar refractivity (Wildman–Crippen MR) is 82.5 cm³/mol. The molecule has 1 rings (SSSR count). The molecule has 1 amide bonds. The van der Waals surface area contributed by atoms with E-state index in [0.717, 1.165) is 17.9 Å². The summed E-state index contributed by atoms with van der Waals surface area (Å²) < 4.78 is 0. The maximum absolute atomic E-state index is 11.5. The van der Waals surface area contributed by atoms with Gasteiger partial charge in [0.25, 0.3) is 0 Å². The zero-order valence-electron chi connectivity index (χ0n) is 12.3. The summed E-state index contributed by atoms with van der Waals surface area (Å²) in [5, 5.41) is 6.28. The van der Waals surface area contributed by atoms with Crippen LogP contribution in [-0.2, 0) is 4.79 Å². The number of hydrogen-bond acceptors (Lipinski definition) is 2. The van der Waals surface area contributed by atoms with Crippen molar-refractivity contribution < 1.29 is 4.79 Å². The normalized spacial score (nSPS) is 10.5. The van der Waals surface area contributed by atoms with Gasteiger partial charge in [0.15, 0.2) is 0 Å². The van der Waals surface area contributed by atoms with Crippen molar-refractivity contribution in [3.63, 3.8) is 0 Å². The summed E-state index contributed by atoms with van der Waals surface area (Å²) in [6.45, 7) is 7.01. The van der Waals surface area contributed by atoms with Crippen molar-refractivity contribution in [2.45, 2.75) is 46.5 Å². The molecule has 19 heavy (non-hydrogen) atoms. The van der Waals surface area contributed by atoms with Crippen molar-refractivity contribution in [2.24, 2.45) is 5.92 Å². The Morgan fingerprint density at radius 2 is 1.68 bits per heavy atom. The molecule has 0 aliphatic carbocycles. The van der Waals surface area contributed by atoms with Gasteiger partial charge in [0, 0.05) is 23.8 Å². The molecule has 0 radical (unpaired) electrons. The maximum Gasteiger partial charge on any atom is 0.226 e. The number of anilines is 2. The van der Waals surface area contributed by atoms with Crippen molar-refractivity contribution in [3.05, 3.63) is 24.3 Å². The van der Waals surface area contributed by atoms with Crippen molar-refractivity contribution in [3.8, 4) is 0 Å². The van der Waals surface area contributed by atoms with Crippen LogP contribution in [0, 0.1) is 5.92 Å². The smallest absolute Gasteiger partial charge is 0.226 e. The Kier molecular flexibility index (Phi) is 7.01. The number of rotatable bonds is 8. The number of carbonyl (C=O) groups excluding carboxylic acids is 1. The minimum atomic E-state index is 0.0105. The molecular formula is C16H26N2O. The van der Waals surface area contributed by atoms with Crippen LogP contribution in [0.3, 0.4) is 0 Å². The molecule has 3 heteroatoms. The number of benzene rings is 1. The van der Waals surface area contributed by atoms with Gasteiger partial charge in [-0.1, -0.05) is 40.0 Å². The van der Waals surface area contributed by atoms with E-state index in [0.29, 0.717) is 0 Å². The Morgan fingerprint density at radius 1 is 1.05 bits per heavy atom. The van der Waals surface area contributed by atoms with E-state index in [1.807, 2.05) is 38.1 Å². The number of carbonyl (C=O) groups is 1. The molecule has 0 unspecified atom stereocenters. The molecule has 0 aliphatic rings. The highest BCUT2D eigenvalue weighted by Gasteiger charge is 2.06. The molecule has 106 valence electrons. The molecule has 0 saturated heterocycles. The Balaban J connectivity index is 2.33. The number of unbranched alkanes of at least 4 members (excludes halogenated alkanes) is 3. The lowest BCUT2D eigenvalue weighted by molar-refractivity contribution is -0.118. The Labute approximate surface area is 116 Å². The minimum Gasteiger partial charge on any atom is -0.385 e. The maximum atomic E-state index is 11.5. The van der Waals surface area contributed by atoms with Crippen LogP contribution >= 0.6 is 0 Å². The van der Waals surface area contributed by atoms with E-state index in [1.165, 1.54) is 25.7 Å². The van der Waals surface area contributed by atoms with E-state index in [9.17, 15) is 4.79 Å². The SMILES string of the molecule is CCCCCCNc1ccc(NC(=O)C(C)C)cc1. The van der Waals surface area contributed by atoms with Gasteiger partial charge in [0.1, 0.15) is 0 Å². The molecular weight excluding hydrogens is 236 g/mol. The fourth-order valence-corrected chi connectivity index (χ4v) is 1.74. The molecule has 1 aromatic rings. The van der Waals surface area contributed by atoms with Gasteiger partial charge in [-0.25, -0.2) is 0 Å². The summed E-state index contributed by atoms with van der Waals surface area (Å²) >= 11 is 0. The largest absolute Gasteiger partial charge is 0.385 e. The minimum absolute atomic E-state index is 0.0105. The first kappa shape index (κ1) is 15.5. The van der Waals surface area contributed by atoms with E-state index in [1.54, 1.807) is 0 Å². The van der Waals surface area contributed by atoms with E-state index >= 15 is 0 Å². The lowest BCUT2D eigenvalue weighted by Crippen LogP contribution is -2.17. The summed E-state index contributed by atoms with van der Waals surface area (Å²) in [4.78, 5) is 11.5. The second-order valence-electron chi connectivity index (χ2n) is 5.21. The van der Waals surface area contributed by atoms with E-state index in [2.05, 4.69) is 17.6 Å². The Bertz CT molecular complexity index is 371. The van der Waals surface area contributed by atoms with Gasteiger partial charge in [-0.3, -0.25) is 4.79 Å². The first-order valence-electron chi connectivity index (χ1n) is 7.28. The van der Waals surface area contributed by atoms with Gasteiger partial charge in [0.05, 0.1) is 0 Å². The third-order valence-electron chi connectivity index (χ3n) is 3.04. The summed E-state index contributed by atoms with van der Waals surface area (Å²) in [5.74, 6) is 0.0663. The van der Waals surface area contributed by atoms with Crippen LogP contribution < -0.4 is 10.6 Å². The van der Waals surface area contributed by atoms with Gasteiger partial charge in [-0.05, 0) is 30.7 Å². The van der Waals surface area contributed by atoms with Crippen LogP contribution in [0.15, 0.2) is 24.3 Å². The molecule has 0 bridgehead atoms. The molecule has 0 fully saturated rings. The molecule has 0 aliphatic heterocycles. The van der Waals surface area contributed by atoms with Gasteiger partial charge in [0.2, 0.25) is 5.91 Å². The quantitative estimate of drug-likeness (QED) is 0.687. The van der Waals surface area contributed by atoms with Crippen LogP contribution in [0.1, 0.15) is 46.5 Å². The standard InChI is InChI=1S/C16H26N2O/c1-4-5-6-7-12-17-14-8-10-15(11-9-14)18-16(19)13(2)3/h8-11,13,17H,4-7,12H2,1-3H3,(H,18,19). The first-order chi connectivity index (χ1) is 9.13. The van der Waals surface area contributed by atoms with Crippen molar-refractivity contribution >= 4 is 17.3 Å². The van der Waals surface area contributed by atoms with Gasteiger partial charge in [-0.15, -0.1) is 0 Å². The predicted octanol–water partition coefficient (Wildman–Crippen LogP) is 4.27. The molecule has 2 N–H and O–H groups in total. The average Bonchev–Trinajstić information content (AvgIpc) is 2.40. The zero-order chi connectivity index (χ0) is 14.1. The van der Waals surface area contributed by atoms with Crippen LogP contribution in [-0.4, -0.2) is 12.5 Å². The lowest BCUT2D eigenvalue weighted by Gasteiger charge is -2.09. The topological polar surface area (TPSA) is 41.1 Å². The van der Waals surface area contributed by atoms with Crippen LogP contribution in [0.25, 0.3) is 0 Å². The summed E-state index contributed by atoms with van der Waals surface area (Å²) in [6, 6.07) is 7.90. The highest BCUT2D eigenvalue weighted by molar-refractivity contribution is 5.92. The summed E-state index contributed by atoms with van der Waals surface area (Å²) in [5.41, 5.74) is 1.97. The van der Waals surface area contributed by atoms with Crippen molar-refractivity contribution in [1.29, 1.82) is 0 Å². The Morgan fingerprint density at radius 3 is 2.26 bits per heavy atom. The molecule has 0 atom stereocenters. The van der Waals surface area contributed by atoms with Gasteiger partial charge >= 0.3 is 0 Å². The van der Waals surface area contributed by atoms with Crippen LogP contribution in [0.4, 0.5) is 11.4 Å². The van der Waals surface area contributed by atoms with E-state index < -0.39 is 0 Å². The highest BCUT2D eigenvalue weighted by atomic mass is 16.1. The number of nitrogens with one attached hydrogen (secondary N) is 2. The molecule has 1 aromatic carbocycles. The molecule has 0 aromatic heterocycles. The van der Waals surface area contributed by atoms with E-state index in [-0.39, 0.29) is 11.8 Å². The third kappa shape index (κ3) is 6.27. The molecule has 0 heterocycles. The second kappa shape index (κ2) is 8.57. The molecule has 0 spiro atoms. The van der Waals surface area contributed by atoms with Gasteiger partial charge in [-0.2, -0.15) is 0 Å². The van der Waals surface area contributed by atoms with Gasteiger partial charge < -0.3 is 10.6 Å². The number of hydrogen-bond donors (Lipinski definition) is 2. The summed E-state index contributed by atoms with van der Waals surface area (Å²) in [7, 11) is 0. The summed E-state index contributed by atoms with van der Waals surface area (Å²) in [6.07, 6.45) is 5.07. The fourth-order valence-electron chi connectivity index (χ4n) is 1.74. The number of amides is 1. The second-order valence-corrected chi connectivity index (χ2v) is 5.21. The van der Waals surface area contributed by atoms with E-state index in [4.69, 9.17) is 0 Å². The monoisotopic (exact) mass is 262 g/mol. The third-order valence-corrected chi connectivity index (χ3v) is 3.04. The molecule has 3 nitrogen and oxygen atoms in total. The van der Waals surface area contributed by atoms with Crippen molar-refractivity contribution in [2.75, 3.05) is 17.2 Å². The Hall–Kier alpha value is -1.51. The molecule has 0 saturated carbocycles. The first-order valence-corrected chi connectivity index (χ1v) is 7.28. The average molecular weight is 262 g/mol.